The first-order valence-electron chi connectivity index (χ1n) is 5.50. The highest BCUT2D eigenvalue weighted by atomic mass is 128. The fourth-order valence-electron chi connectivity index (χ4n) is 1.56. The van der Waals surface area contributed by atoms with Crippen LogP contribution in [-0.2, 0) is 14.3 Å². The summed E-state index contributed by atoms with van der Waals surface area (Å²) in [6, 6.07) is 4.99. The molecule has 1 aromatic rings. The normalized spacial score (nSPS) is 9.10. The third kappa shape index (κ3) is 5.00. The van der Waals surface area contributed by atoms with Crippen LogP contribution in [0.4, 0.5) is 5.69 Å². The van der Waals surface area contributed by atoms with Crippen molar-refractivity contribution in [3.8, 4) is 0 Å². The van der Waals surface area contributed by atoms with E-state index in [0.717, 1.165) is 10.5 Å². The second-order valence-corrected chi connectivity index (χ2v) is 3.93. The SMILES string of the molecule is COC(=O)c1cc(C)ccc1N(C)C(=O)C(C)=O.II. The van der Waals surface area contributed by atoms with Crippen LogP contribution in [0.25, 0.3) is 0 Å². The monoisotopic (exact) mass is 503 g/mol. The fraction of sp³-hybridized carbons (Fsp3) is 0.308. The van der Waals surface area contributed by atoms with Crippen LogP contribution in [0.1, 0.15) is 22.8 Å². The van der Waals surface area contributed by atoms with Gasteiger partial charge >= 0.3 is 5.97 Å². The Morgan fingerprint density at radius 3 is 2.20 bits per heavy atom. The summed E-state index contributed by atoms with van der Waals surface area (Å²) in [4.78, 5) is 35.5. The molecule has 0 aromatic heterocycles. The highest BCUT2D eigenvalue weighted by Crippen LogP contribution is 2.22. The summed E-state index contributed by atoms with van der Waals surface area (Å²) in [6.45, 7) is 3.01. The molecule has 0 radical (unpaired) electrons. The van der Waals surface area contributed by atoms with E-state index in [-0.39, 0.29) is 5.56 Å². The lowest BCUT2D eigenvalue weighted by molar-refractivity contribution is -0.134. The lowest BCUT2D eigenvalue weighted by atomic mass is 10.1. The standard InChI is InChI=1S/C13H15NO4.I2/c1-8-5-6-11(10(7-8)13(17)18-4)14(3)12(16)9(2)15;1-2/h5-7H,1-4H3;. The largest absolute Gasteiger partial charge is 0.465 e. The third-order valence-corrected chi connectivity index (χ3v) is 2.52. The molecular weight excluding hydrogens is 488 g/mol. The van der Waals surface area contributed by atoms with Gasteiger partial charge in [0.15, 0.2) is 0 Å². The molecular formula is C13H15I2NO4. The molecule has 1 aromatic carbocycles. The van der Waals surface area contributed by atoms with Gasteiger partial charge in [0.1, 0.15) is 0 Å². The number of methoxy groups -OCH3 is 1. The Bertz CT molecular complexity index is 517. The minimum atomic E-state index is -0.677. The second-order valence-electron chi connectivity index (χ2n) is 3.93. The molecule has 1 amide bonds. The van der Waals surface area contributed by atoms with E-state index in [1.54, 1.807) is 18.2 Å². The Morgan fingerprint density at radius 2 is 1.75 bits per heavy atom. The first-order chi connectivity index (χ1) is 9.38. The molecule has 0 atom stereocenters. The van der Waals surface area contributed by atoms with Crippen molar-refractivity contribution >= 4 is 60.6 Å². The number of likely N-dealkylation sites (N-methyl/N-ethyl adjacent to an activating group) is 1. The van der Waals surface area contributed by atoms with Crippen molar-refractivity contribution < 1.29 is 19.1 Å². The minimum absolute atomic E-state index is 0.259. The van der Waals surface area contributed by atoms with Crippen molar-refractivity contribution in [2.75, 3.05) is 19.1 Å². The summed E-state index contributed by atoms with van der Waals surface area (Å²) < 4.78 is 4.66. The summed E-state index contributed by atoms with van der Waals surface area (Å²) in [5.74, 6) is -1.81. The summed E-state index contributed by atoms with van der Waals surface area (Å²) in [7, 11) is 2.71. The van der Waals surface area contributed by atoms with Crippen LogP contribution >= 0.6 is 37.2 Å². The van der Waals surface area contributed by atoms with Crippen LogP contribution < -0.4 is 4.90 Å². The smallest absolute Gasteiger partial charge is 0.339 e. The van der Waals surface area contributed by atoms with Crippen LogP contribution in [0.2, 0.25) is 0 Å². The lowest BCUT2D eigenvalue weighted by Gasteiger charge is -2.18. The molecule has 7 heteroatoms. The summed E-state index contributed by atoms with van der Waals surface area (Å²) in [6.07, 6.45) is 0. The summed E-state index contributed by atoms with van der Waals surface area (Å²) in [5, 5.41) is 0. The number of halogens is 2. The van der Waals surface area contributed by atoms with Crippen LogP contribution in [-0.4, -0.2) is 31.8 Å². The van der Waals surface area contributed by atoms with E-state index in [2.05, 4.69) is 42.0 Å². The number of amides is 1. The number of esters is 1. The highest BCUT2D eigenvalue weighted by Gasteiger charge is 2.21. The van der Waals surface area contributed by atoms with Crippen LogP contribution in [0.15, 0.2) is 18.2 Å². The quantitative estimate of drug-likeness (QED) is 0.362. The zero-order valence-corrected chi connectivity index (χ0v) is 15.9. The molecule has 0 aliphatic rings. The number of ketones is 1. The van der Waals surface area contributed by atoms with Gasteiger partial charge in [-0.05, 0) is 19.1 Å². The Kier molecular flexibility index (Phi) is 8.94. The van der Waals surface area contributed by atoms with E-state index >= 15 is 0 Å². The molecule has 0 spiro atoms. The minimum Gasteiger partial charge on any atom is -0.465 e. The molecule has 0 N–H and O–H groups in total. The van der Waals surface area contributed by atoms with Gasteiger partial charge in [-0.1, -0.05) is 11.6 Å². The molecule has 0 saturated heterocycles. The van der Waals surface area contributed by atoms with Gasteiger partial charge in [-0.3, -0.25) is 9.59 Å². The van der Waals surface area contributed by atoms with Crippen molar-refractivity contribution in [3.63, 3.8) is 0 Å². The number of rotatable bonds is 3. The third-order valence-electron chi connectivity index (χ3n) is 2.52. The molecule has 0 unspecified atom stereocenters. The van der Waals surface area contributed by atoms with Crippen LogP contribution in [0.3, 0.4) is 0 Å². The van der Waals surface area contributed by atoms with E-state index in [4.69, 9.17) is 0 Å². The fourth-order valence-corrected chi connectivity index (χ4v) is 1.56. The molecule has 110 valence electrons. The van der Waals surface area contributed by atoms with Crippen LogP contribution in [0.5, 0.6) is 0 Å². The predicted molar refractivity (Wildman–Crippen MR) is 94.6 cm³/mol. The second kappa shape index (κ2) is 9.27. The van der Waals surface area contributed by atoms with E-state index < -0.39 is 17.7 Å². The first kappa shape index (κ1) is 19.3. The number of Topliss-reactive ketones (excluding diaryl/α,β-unsaturated/α-hetero) is 1. The van der Waals surface area contributed by atoms with Gasteiger partial charge in [0.2, 0.25) is 5.78 Å². The van der Waals surface area contributed by atoms with E-state index in [1.165, 1.54) is 21.1 Å². The molecule has 0 heterocycles. The van der Waals surface area contributed by atoms with Crippen molar-refractivity contribution in [2.24, 2.45) is 0 Å². The Balaban J connectivity index is 0.00000172. The van der Waals surface area contributed by atoms with Gasteiger partial charge in [-0.25, -0.2) is 4.79 Å². The Morgan fingerprint density at radius 1 is 1.20 bits per heavy atom. The van der Waals surface area contributed by atoms with Crippen LogP contribution in [0, 0.1) is 6.92 Å². The van der Waals surface area contributed by atoms with E-state index in [0.29, 0.717) is 5.69 Å². The maximum absolute atomic E-state index is 11.6. The number of ether oxygens (including phenoxy) is 1. The van der Waals surface area contributed by atoms with E-state index in [1.807, 2.05) is 6.92 Å². The number of hydrogen-bond acceptors (Lipinski definition) is 4. The average Bonchev–Trinajstić information content (AvgIpc) is 2.46. The van der Waals surface area contributed by atoms with Gasteiger partial charge in [-0.15, -0.1) is 0 Å². The van der Waals surface area contributed by atoms with Crippen molar-refractivity contribution in [2.45, 2.75) is 13.8 Å². The number of nitrogens with zero attached hydrogens (tertiary/aromatic N) is 1. The van der Waals surface area contributed by atoms with Gasteiger partial charge in [-0.2, -0.15) is 0 Å². The maximum Gasteiger partial charge on any atom is 0.339 e. The molecule has 0 aliphatic carbocycles. The van der Waals surface area contributed by atoms with Gasteiger partial charge in [0.05, 0.1) is 18.4 Å². The zero-order chi connectivity index (χ0) is 15.9. The molecule has 0 fully saturated rings. The maximum atomic E-state index is 11.6. The number of benzene rings is 1. The molecule has 20 heavy (non-hydrogen) atoms. The van der Waals surface area contributed by atoms with Crippen molar-refractivity contribution in [1.29, 1.82) is 0 Å². The topological polar surface area (TPSA) is 63.7 Å². The first-order valence-corrected chi connectivity index (χ1v) is 11.8. The molecule has 0 bridgehead atoms. The van der Waals surface area contributed by atoms with Gasteiger partial charge in [0.25, 0.3) is 5.91 Å². The lowest BCUT2D eigenvalue weighted by Crippen LogP contribution is -2.32. The number of carbonyl (C=O) groups is 3. The molecule has 0 saturated carbocycles. The van der Waals surface area contributed by atoms with E-state index in [9.17, 15) is 14.4 Å². The Labute approximate surface area is 141 Å². The summed E-state index contributed by atoms with van der Waals surface area (Å²) in [5.41, 5.74) is 1.48. The molecule has 0 aliphatic heterocycles. The predicted octanol–water partition coefficient (Wildman–Crippen LogP) is 3.10. The van der Waals surface area contributed by atoms with Crippen molar-refractivity contribution in [1.82, 2.24) is 0 Å². The van der Waals surface area contributed by atoms with Gasteiger partial charge in [0, 0.05) is 51.2 Å². The zero-order valence-electron chi connectivity index (χ0n) is 11.6. The summed E-state index contributed by atoms with van der Waals surface area (Å²) >= 11 is 4.24. The number of aryl methyl sites for hydroxylation is 1. The molecule has 1 rings (SSSR count). The average molecular weight is 503 g/mol. The number of carbonyl (C=O) groups excluding carboxylic acids is 3. The number of hydrogen-bond donors (Lipinski definition) is 0. The Hall–Kier alpha value is -0.710. The number of anilines is 1. The molecule has 5 nitrogen and oxygen atoms in total. The van der Waals surface area contributed by atoms with Gasteiger partial charge < -0.3 is 9.64 Å². The highest BCUT2D eigenvalue weighted by molar-refractivity contribution is 15.0. The van der Waals surface area contributed by atoms with Crippen molar-refractivity contribution in [3.05, 3.63) is 29.3 Å².